The fourth-order valence-electron chi connectivity index (χ4n) is 6.93. The van der Waals surface area contributed by atoms with Gasteiger partial charge in [-0.15, -0.1) is 5.54 Å². The van der Waals surface area contributed by atoms with Gasteiger partial charge in [-0.3, -0.25) is 0 Å². The van der Waals surface area contributed by atoms with Gasteiger partial charge in [0, 0.05) is 26.1 Å². The van der Waals surface area contributed by atoms with Crippen LogP contribution in [0.1, 0.15) is 100 Å². The summed E-state index contributed by atoms with van der Waals surface area (Å²) in [6.45, 7) is 22.6. The van der Waals surface area contributed by atoms with E-state index < -0.39 is 13.7 Å². The van der Waals surface area contributed by atoms with Gasteiger partial charge in [0.2, 0.25) is 5.88 Å². The average Bonchev–Trinajstić information content (AvgIpc) is 3.51. The molecule has 2 atom stereocenters. The van der Waals surface area contributed by atoms with Gasteiger partial charge in [0.1, 0.15) is 25.5 Å². The monoisotopic (exact) mass is 649 g/mol. The molecule has 1 aliphatic heterocycles. The summed E-state index contributed by atoms with van der Waals surface area (Å²) in [4.78, 5) is 14.1. The van der Waals surface area contributed by atoms with E-state index in [1.165, 1.54) is 0 Å². The highest BCUT2D eigenvalue weighted by Crippen LogP contribution is 2.41. The Bertz CT molecular complexity index is 1540. The third kappa shape index (κ3) is 7.63. The van der Waals surface area contributed by atoms with Crippen LogP contribution < -0.4 is 4.74 Å². The molecule has 1 aliphatic rings. The van der Waals surface area contributed by atoms with Crippen molar-refractivity contribution in [2.75, 3.05) is 20.2 Å². The molecule has 0 aliphatic carbocycles. The maximum Gasteiger partial charge on any atom is 0.410 e. The van der Waals surface area contributed by atoms with Crippen molar-refractivity contribution >= 4 is 25.1 Å². The van der Waals surface area contributed by atoms with E-state index in [0.717, 1.165) is 53.6 Å². The number of nitrogens with zero attached hydrogens (tertiary/aromatic N) is 5. The molecule has 0 radical (unpaired) electrons. The lowest BCUT2D eigenvalue weighted by Gasteiger charge is -2.38. The van der Waals surface area contributed by atoms with E-state index in [1.807, 2.05) is 45.6 Å². The van der Waals surface area contributed by atoms with Gasteiger partial charge in [0.15, 0.2) is 6.23 Å². The van der Waals surface area contributed by atoms with Crippen LogP contribution in [0.5, 0.6) is 5.88 Å². The number of amides is 1. The predicted molar refractivity (Wildman–Crippen MR) is 188 cm³/mol. The van der Waals surface area contributed by atoms with Crippen LogP contribution in [0, 0.1) is 11.5 Å². The van der Waals surface area contributed by atoms with Crippen LogP contribution in [0.3, 0.4) is 0 Å². The fraction of sp³-hybridized carbons (Fsp3) is 0.639. The summed E-state index contributed by atoms with van der Waals surface area (Å²) in [5.41, 5.74) is 8.55. The van der Waals surface area contributed by atoms with Gasteiger partial charge in [0.25, 0.3) is 0 Å². The Morgan fingerprint density at radius 2 is 1.78 bits per heavy atom. The van der Waals surface area contributed by atoms with Crippen LogP contribution in [0.4, 0.5) is 4.79 Å². The maximum absolute atomic E-state index is 12.6. The topological polar surface area (TPSA) is 83.6 Å². The average molecular weight is 650 g/mol. The fourth-order valence-corrected chi connectivity index (χ4v) is 12.1. The van der Waals surface area contributed by atoms with E-state index >= 15 is 0 Å². The number of aromatic nitrogens is 4. The third-order valence-corrected chi connectivity index (χ3v) is 15.4. The zero-order chi connectivity index (χ0) is 34.0. The molecule has 4 rings (SSSR count). The van der Waals surface area contributed by atoms with Crippen molar-refractivity contribution in [1.29, 1.82) is 0 Å². The summed E-state index contributed by atoms with van der Waals surface area (Å²) in [5, 5.41) is 10.7. The highest BCUT2D eigenvalue weighted by molar-refractivity contribution is 6.90. The first-order chi connectivity index (χ1) is 21.5. The van der Waals surface area contributed by atoms with Gasteiger partial charge in [-0.1, -0.05) is 53.5 Å². The standard InChI is InChI=1S/C36H55N5O4Si/c1-24(2)46(25(3)4,26(5)6)20-18-31-29-21-28(16-17-32(29)41(38-31)33-15-13-14-19-43-33)30-22-37-40(12)34(30)44-27(7)23-39(11)35(42)45-36(8,9)10/h16-17,21-22,24-27,33H,13-15,19,23H2,1-12H3/t27-,33?/m0/s1. The maximum atomic E-state index is 12.6. The van der Waals surface area contributed by atoms with Gasteiger partial charge in [-0.2, -0.15) is 10.2 Å². The number of likely N-dealkylation sites (N-methyl/N-ethyl adjacent to an activating group) is 1. The van der Waals surface area contributed by atoms with Crippen LogP contribution in [0.2, 0.25) is 16.6 Å². The minimum absolute atomic E-state index is 0.0972. The van der Waals surface area contributed by atoms with E-state index in [2.05, 4.69) is 76.3 Å². The Labute approximate surface area is 277 Å². The first kappa shape index (κ1) is 35.6. The predicted octanol–water partition coefficient (Wildman–Crippen LogP) is 8.34. The Morgan fingerprint density at radius 1 is 1.11 bits per heavy atom. The summed E-state index contributed by atoms with van der Waals surface area (Å²) in [6.07, 6.45) is 4.18. The number of benzene rings is 1. The number of carbonyl (C=O) groups excluding carboxylic acids is 1. The van der Waals surface area contributed by atoms with Gasteiger partial charge >= 0.3 is 6.09 Å². The highest BCUT2D eigenvalue weighted by Gasteiger charge is 2.42. The molecule has 3 heterocycles. The Balaban J connectivity index is 1.74. The lowest BCUT2D eigenvalue weighted by molar-refractivity contribution is -0.0367. The number of ether oxygens (including phenoxy) is 3. The second kappa shape index (κ2) is 14.2. The second-order valence-corrected chi connectivity index (χ2v) is 20.3. The summed E-state index contributed by atoms with van der Waals surface area (Å²) < 4.78 is 21.9. The Kier molecular flexibility index (Phi) is 11.0. The van der Waals surface area contributed by atoms with Crippen molar-refractivity contribution in [2.45, 2.75) is 123 Å². The van der Waals surface area contributed by atoms with Gasteiger partial charge < -0.3 is 19.1 Å². The van der Waals surface area contributed by atoms with Crippen molar-refractivity contribution in [3.05, 3.63) is 30.1 Å². The van der Waals surface area contributed by atoms with Crippen LogP contribution in [0.15, 0.2) is 24.4 Å². The molecule has 1 amide bonds. The molecule has 1 fully saturated rings. The van der Waals surface area contributed by atoms with Crippen LogP contribution in [-0.2, 0) is 16.5 Å². The molecule has 0 spiro atoms. The molecule has 1 saturated heterocycles. The van der Waals surface area contributed by atoms with E-state index in [0.29, 0.717) is 29.0 Å². The van der Waals surface area contributed by atoms with Crippen molar-refractivity contribution in [2.24, 2.45) is 7.05 Å². The zero-order valence-electron chi connectivity index (χ0n) is 30.1. The Hall–Kier alpha value is -3.29. The van der Waals surface area contributed by atoms with Crippen molar-refractivity contribution < 1.29 is 19.0 Å². The molecule has 46 heavy (non-hydrogen) atoms. The molecule has 252 valence electrons. The van der Waals surface area contributed by atoms with E-state index in [9.17, 15) is 4.79 Å². The lowest BCUT2D eigenvalue weighted by atomic mass is 10.1. The van der Waals surface area contributed by atoms with Crippen molar-refractivity contribution in [1.82, 2.24) is 24.5 Å². The molecule has 10 heteroatoms. The van der Waals surface area contributed by atoms with Crippen molar-refractivity contribution in [3.8, 4) is 28.5 Å². The largest absolute Gasteiger partial charge is 0.472 e. The molecular weight excluding hydrogens is 595 g/mol. The SMILES string of the molecule is CC(C)[Si](C#Cc1nn(C2CCCCO2)c2ccc(-c3cnn(C)c3O[C@@H](C)CN(C)C(=O)OC(C)(C)C)cc12)(C(C)C)C(C)C. The molecule has 1 aromatic carbocycles. The molecule has 0 saturated carbocycles. The van der Waals surface area contributed by atoms with Gasteiger partial charge in [-0.05, 0) is 81.3 Å². The van der Waals surface area contributed by atoms with E-state index in [-0.39, 0.29) is 18.4 Å². The Morgan fingerprint density at radius 3 is 2.37 bits per heavy atom. The highest BCUT2D eigenvalue weighted by atomic mass is 28.3. The van der Waals surface area contributed by atoms with Crippen molar-refractivity contribution in [3.63, 3.8) is 0 Å². The number of rotatable bonds is 9. The molecule has 1 unspecified atom stereocenters. The number of carbonyl (C=O) groups is 1. The smallest absolute Gasteiger partial charge is 0.410 e. The van der Waals surface area contributed by atoms with E-state index in [1.54, 1.807) is 16.6 Å². The molecule has 2 aromatic heterocycles. The number of fused-ring (bicyclic) bond motifs is 1. The first-order valence-corrected chi connectivity index (χ1v) is 19.1. The summed E-state index contributed by atoms with van der Waals surface area (Å²) >= 11 is 0. The zero-order valence-corrected chi connectivity index (χ0v) is 31.1. The second-order valence-electron chi connectivity index (χ2n) is 14.8. The molecular formula is C36H55N5O4Si. The van der Waals surface area contributed by atoms with E-state index in [4.69, 9.17) is 19.3 Å². The molecule has 3 aromatic rings. The summed E-state index contributed by atoms with van der Waals surface area (Å²) in [6, 6.07) is 6.38. The first-order valence-electron chi connectivity index (χ1n) is 16.8. The normalized spacial score (nSPS) is 16.5. The number of aryl methyl sites for hydroxylation is 1. The molecule has 9 nitrogen and oxygen atoms in total. The third-order valence-electron chi connectivity index (χ3n) is 9.14. The van der Waals surface area contributed by atoms with Gasteiger partial charge in [0.05, 0.1) is 23.8 Å². The van der Waals surface area contributed by atoms with Crippen LogP contribution in [0.25, 0.3) is 22.0 Å². The van der Waals surface area contributed by atoms with Gasteiger partial charge in [-0.25, -0.2) is 14.2 Å². The minimum Gasteiger partial charge on any atom is -0.472 e. The quantitative estimate of drug-likeness (QED) is 0.171. The van der Waals surface area contributed by atoms with Crippen LogP contribution in [-0.4, -0.2) is 70.5 Å². The number of hydrogen-bond donors (Lipinski definition) is 0. The summed E-state index contributed by atoms with van der Waals surface area (Å²) in [7, 11) is 1.61. The summed E-state index contributed by atoms with van der Waals surface area (Å²) in [5.74, 6) is 4.26. The molecule has 0 N–H and O–H groups in total. The number of hydrogen-bond acceptors (Lipinski definition) is 6. The lowest BCUT2D eigenvalue weighted by Crippen LogP contribution is -2.43. The van der Waals surface area contributed by atoms with Crippen LogP contribution >= 0.6 is 0 Å². The minimum atomic E-state index is -1.98. The molecule has 0 bridgehead atoms.